The summed E-state index contributed by atoms with van der Waals surface area (Å²) in [6, 6.07) is 19.1. The molecular formula is C30H28BrN3O4. The van der Waals surface area contributed by atoms with Crippen molar-refractivity contribution in [1.82, 2.24) is 10.3 Å². The number of anilines is 1. The Balaban J connectivity index is 1.61. The van der Waals surface area contributed by atoms with Crippen LogP contribution in [0.4, 0.5) is 5.82 Å². The van der Waals surface area contributed by atoms with Gasteiger partial charge in [-0.25, -0.2) is 4.98 Å². The van der Waals surface area contributed by atoms with E-state index < -0.39 is 5.92 Å². The number of nitrogens with zero attached hydrogens (tertiary/aromatic N) is 1. The molecule has 0 bridgehead atoms. The highest BCUT2D eigenvalue weighted by Gasteiger charge is 2.42. The van der Waals surface area contributed by atoms with Gasteiger partial charge in [-0.05, 0) is 59.0 Å². The second-order valence-corrected chi connectivity index (χ2v) is 10.3. The van der Waals surface area contributed by atoms with Gasteiger partial charge in [-0.15, -0.1) is 0 Å². The summed E-state index contributed by atoms with van der Waals surface area (Å²) >= 11 is 3.37. The third-order valence-electron chi connectivity index (χ3n) is 7.06. The minimum Gasteiger partial charge on any atom is -0.497 e. The number of carbonyl (C=O) groups is 2. The summed E-state index contributed by atoms with van der Waals surface area (Å²) in [6.07, 6.45) is 2.65. The molecule has 0 saturated heterocycles. The molecule has 38 heavy (non-hydrogen) atoms. The second-order valence-electron chi connectivity index (χ2n) is 9.35. The van der Waals surface area contributed by atoms with E-state index in [1.807, 2.05) is 43.3 Å². The molecule has 8 heteroatoms. The predicted molar refractivity (Wildman–Crippen MR) is 149 cm³/mol. The van der Waals surface area contributed by atoms with Crippen LogP contribution in [0.15, 0.2) is 93.9 Å². The number of benzene rings is 2. The molecule has 1 aromatic heterocycles. The highest BCUT2D eigenvalue weighted by molar-refractivity contribution is 9.10. The van der Waals surface area contributed by atoms with E-state index >= 15 is 0 Å². The van der Waals surface area contributed by atoms with E-state index in [1.54, 1.807) is 32.5 Å². The molecule has 2 N–H and O–H groups in total. The number of pyridine rings is 1. The molecule has 2 heterocycles. The van der Waals surface area contributed by atoms with E-state index in [2.05, 4.69) is 43.7 Å². The topological polar surface area (TPSA) is 89.5 Å². The van der Waals surface area contributed by atoms with Gasteiger partial charge in [0.2, 0.25) is 0 Å². The molecule has 0 radical (unpaired) electrons. The first-order chi connectivity index (χ1) is 18.4. The number of halogens is 1. The average molecular weight is 574 g/mol. The lowest BCUT2D eigenvalue weighted by atomic mass is 9.71. The molecule has 3 aromatic rings. The van der Waals surface area contributed by atoms with Crippen LogP contribution in [-0.4, -0.2) is 30.9 Å². The number of methoxy groups -OCH3 is 2. The largest absolute Gasteiger partial charge is 0.497 e. The molecule has 0 unspecified atom stereocenters. The molecule has 5 rings (SSSR count). The van der Waals surface area contributed by atoms with E-state index in [4.69, 9.17) is 9.47 Å². The molecule has 2 aliphatic rings. The lowest BCUT2D eigenvalue weighted by Crippen LogP contribution is -2.37. The first-order valence-electron chi connectivity index (χ1n) is 12.3. The normalized spacial score (nSPS) is 19.0. The lowest BCUT2D eigenvalue weighted by molar-refractivity contribution is -0.116. The van der Waals surface area contributed by atoms with Gasteiger partial charge in [0.15, 0.2) is 5.78 Å². The Labute approximate surface area is 230 Å². The third-order valence-corrected chi connectivity index (χ3v) is 7.53. The summed E-state index contributed by atoms with van der Waals surface area (Å²) in [5, 5.41) is 6.32. The smallest absolute Gasteiger partial charge is 0.255 e. The van der Waals surface area contributed by atoms with E-state index in [-0.39, 0.29) is 17.6 Å². The van der Waals surface area contributed by atoms with E-state index in [0.717, 1.165) is 21.3 Å². The SMILES string of the molecule is COc1ccc([C@H]2C(C(=O)Nc3ccc(Br)cn3)=C(C)NC3=C2C(=O)C[C@H](c2ccccc2)C3)c(OC)c1. The van der Waals surface area contributed by atoms with Crippen molar-refractivity contribution in [3.8, 4) is 11.5 Å². The van der Waals surface area contributed by atoms with Gasteiger partial charge in [-0.2, -0.15) is 0 Å². The van der Waals surface area contributed by atoms with Crippen LogP contribution in [0.3, 0.4) is 0 Å². The van der Waals surface area contributed by atoms with Crippen LogP contribution in [0.1, 0.15) is 42.7 Å². The molecule has 0 saturated carbocycles. The van der Waals surface area contributed by atoms with Crippen molar-refractivity contribution >= 4 is 33.4 Å². The summed E-state index contributed by atoms with van der Waals surface area (Å²) in [6.45, 7) is 1.87. The van der Waals surface area contributed by atoms with Gasteiger partial charge in [0.05, 0.1) is 20.1 Å². The number of Topliss-reactive ketones (excluding diaryl/α,β-unsaturated/α-hetero) is 1. The summed E-state index contributed by atoms with van der Waals surface area (Å²) in [5.74, 6) is 0.694. The Kier molecular flexibility index (Phi) is 7.33. The molecule has 1 aliphatic heterocycles. The third kappa shape index (κ3) is 4.96. The summed E-state index contributed by atoms with van der Waals surface area (Å²) in [7, 11) is 3.16. The van der Waals surface area contributed by atoms with Crippen molar-refractivity contribution in [1.29, 1.82) is 0 Å². The van der Waals surface area contributed by atoms with Crippen LogP contribution in [0, 0.1) is 0 Å². The Morgan fingerprint density at radius 3 is 2.53 bits per heavy atom. The minimum absolute atomic E-state index is 0.00930. The number of carbonyl (C=O) groups excluding carboxylic acids is 2. The van der Waals surface area contributed by atoms with E-state index in [0.29, 0.717) is 47.0 Å². The van der Waals surface area contributed by atoms with Crippen molar-refractivity contribution in [3.63, 3.8) is 0 Å². The Morgan fingerprint density at radius 2 is 1.84 bits per heavy atom. The van der Waals surface area contributed by atoms with Gasteiger partial charge in [0, 0.05) is 51.3 Å². The minimum atomic E-state index is -0.619. The predicted octanol–water partition coefficient (Wildman–Crippen LogP) is 5.86. The molecule has 2 aromatic carbocycles. The summed E-state index contributed by atoms with van der Waals surface area (Å²) in [5.41, 5.74) is 4.42. The van der Waals surface area contributed by atoms with Crippen molar-refractivity contribution in [2.24, 2.45) is 0 Å². The molecule has 194 valence electrons. The van der Waals surface area contributed by atoms with Gasteiger partial charge < -0.3 is 20.1 Å². The quantitative estimate of drug-likeness (QED) is 0.384. The van der Waals surface area contributed by atoms with Crippen molar-refractivity contribution in [3.05, 3.63) is 105 Å². The van der Waals surface area contributed by atoms with Gasteiger partial charge in [0.25, 0.3) is 5.91 Å². The number of ketones is 1. The molecular weight excluding hydrogens is 546 g/mol. The van der Waals surface area contributed by atoms with Gasteiger partial charge in [0.1, 0.15) is 17.3 Å². The second kappa shape index (κ2) is 10.8. The number of ether oxygens (including phenoxy) is 2. The molecule has 0 spiro atoms. The highest BCUT2D eigenvalue weighted by Crippen LogP contribution is 2.48. The number of rotatable bonds is 6. The number of hydrogen-bond donors (Lipinski definition) is 2. The zero-order chi connectivity index (χ0) is 26.8. The molecule has 2 atom stereocenters. The average Bonchev–Trinajstić information content (AvgIpc) is 2.93. The van der Waals surface area contributed by atoms with Crippen LogP contribution in [0.5, 0.6) is 11.5 Å². The van der Waals surface area contributed by atoms with Gasteiger partial charge in [-0.1, -0.05) is 36.4 Å². The van der Waals surface area contributed by atoms with Crippen molar-refractivity contribution in [2.75, 3.05) is 19.5 Å². The van der Waals surface area contributed by atoms with Crippen molar-refractivity contribution < 1.29 is 19.1 Å². The highest BCUT2D eigenvalue weighted by atomic mass is 79.9. The van der Waals surface area contributed by atoms with Crippen LogP contribution >= 0.6 is 15.9 Å². The molecule has 1 amide bonds. The number of aromatic nitrogens is 1. The molecule has 1 aliphatic carbocycles. The van der Waals surface area contributed by atoms with Crippen LogP contribution in [0.2, 0.25) is 0 Å². The van der Waals surface area contributed by atoms with Crippen molar-refractivity contribution in [2.45, 2.75) is 31.6 Å². The first-order valence-corrected chi connectivity index (χ1v) is 13.1. The van der Waals surface area contributed by atoms with E-state index in [1.165, 1.54) is 0 Å². The number of allylic oxidation sites excluding steroid dienone is 3. The maximum Gasteiger partial charge on any atom is 0.255 e. The summed E-state index contributed by atoms with van der Waals surface area (Å²) in [4.78, 5) is 31.9. The zero-order valence-electron chi connectivity index (χ0n) is 21.4. The molecule has 0 fully saturated rings. The fourth-order valence-electron chi connectivity index (χ4n) is 5.30. The van der Waals surface area contributed by atoms with Crippen LogP contribution in [0.25, 0.3) is 0 Å². The number of hydrogen-bond acceptors (Lipinski definition) is 6. The maximum atomic E-state index is 13.9. The Morgan fingerprint density at radius 1 is 1.05 bits per heavy atom. The van der Waals surface area contributed by atoms with E-state index in [9.17, 15) is 9.59 Å². The van der Waals surface area contributed by atoms with Crippen LogP contribution < -0.4 is 20.1 Å². The van der Waals surface area contributed by atoms with Gasteiger partial charge in [-0.3, -0.25) is 9.59 Å². The Hall–Kier alpha value is -3.91. The number of dihydropyridines is 1. The number of nitrogens with one attached hydrogen (secondary N) is 2. The Bertz CT molecular complexity index is 1450. The summed E-state index contributed by atoms with van der Waals surface area (Å²) < 4.78 is 11.9. The number of amides is 1. The molecule has 7 nitrogen and oxygen atoms in total. The zero-order valence-corrected chi connectivity index (χ0v) is 23.0. The fourth-order valence-corrected chi connectivity index (χ4v) is 5.54. The lowest BCUT2D eigenvalue weighted by Gasteiger charge is -2.37. The standard InChI is InChI=1S/C30H28BrN3O4/c1-17-27(30(36)34-26-12-9-20(31)16-32-26)28(22-11-10-21(37-2)15-25(22)38-3)29-23(33-17)13-19(14-24(29)35)18-7-5-4-6-8-18/h4-12,15-16,19,28,33H,13-14H2,1-3H3,(H,32,34,36)/t19-,28+/m1/s1. The van der Waals surface area contributed by atoms with Gasteiger partial charge >= 0.3 is 0 Å². The monoisotopic (exact) mass is 573 g/mol. The maximum absolute atomic E-state index is 13.9. The fraction of sp³-hybridized carbons (Fsp3) is 0.233. The van der Waals surface area contributed by atoms with Crippen LogP contribution in [-0.2, 0) is 9.59 Å². The first kappa shape index (κ1) is 25.7.